The van der Waals surface area contributed by atoms with E-state index in [0.29, 0.717) is 4.47 Å². The normalized spacial score (nSPS) is 15.0. The molecule has 176 valence electrons. The van der Waals surface area contributed by atoms with Crippen molar-refractivity contribution >= 4 is 56.6 Å². The third kappa shape index (κ3) is 4.98. The Bertz CT molecular complexity index is 1330. The highest BCUT2D eigenvalue weighted by Crippen LogP contribution is 2.41. The fraction of sp³-hybridized carbons (Fsp3) is 0.0909. The van der Waals surface area contributed by atoms with Crippen LogP contribution in [-0.2, 0) is 0 Å². The molecule has 1 unspecified atom stereocenters. The fourth-order valence-corrected chi connectivity index (χ4v) is 4.41. The van der Waals surface area contributed by atoms with Crippen LogP contribution in [0, 0.1) is 5.82 Å². The zero-order valence-corrected chi connectivity index (χ0v) is 19.7. The highest BCUT2D eigenvalue weighted by atomic mass is 79.9. The average molecular weight is 578 g/mol. The number of benzene rings is 3. The Hall–Kier alpha value is -2.82. The molecule has 2 amide bonds. The van der Waals surface area contributed by atoms with Gasteiger partial charge in [-0.25, -0.2) is 4.39 Å². The topological polar surface area (TPSA) is 67.4 Å². The van der Waals surface area contributed by atoms with Crippen LogP contribution in [0.3, 0.4) is 0 Å². The summed E-state index contributed by atoms with van der Waals surface area (Å²) in [6.45, 7) is 0. The zero-order valence-electron chi connectivity index (χ0n) is 16.6. The molecular weight excluding hydrogens is 567 g/mol. The van der Waals surface area contributed by atoms with E-state index in [2.05, 4.69) is 31.3 Å². The largest absolute Gasteiger partial charge is 0.573 e. The fourth-order valence-electron chi connectivity index (χ4n) is 3.55. The van der Waals surface area contributed by atoms with E-state index in [0.717, 1.165) is 30.3 Å². The smallest absolute Gasteiger partial charge is 0.405 e. The van der Waals surface area contributed by atoms with Gasteiger partial charge in [-0.3, -0.25) is 9.59 Å². The van der Waals surface area contributed by atoms with Crippen molar-refractivity contribution in [2.75, 3.05) is 5.32 Å². The minimum Gasteiger partial charge on any atom is -0.405 e. The Morgan fingerprint density at radius 2 is 1.82 bits per heavy atom. The van der Waals surface area contributed by atoms with E-state index in [1.165, 1.54) is 18.2 Å². The van der Waals surface area contributed by atoms with Gasteiger partial charge in [-0.2, -0.15) is 0 Å². The van der Waals surface area contributed by atoms with Gasteiger partial charge in [0.15, 0.2) is 0 Å². The second-order valence-electron chi connectivity index (χ2n) is 7.13. The number of rotatable bonds is 4. The number of amides is 2. The summed E-state index contributed by atoms with van der Waals surface area (Å²) < 4.78 is 56.7. The second kappa shape index (κ2) is 9.09. The molecule has 3 aromatic rings. The molecule has 0 saturated carbocycles. The lowest BCUT2D eigenvalue weighted by Crippen LogP contribution is -2.22. The molecule has 0 aliphatic carbocycles. The molecule has 34 heavy (non-hydrogen) atoms. The SMILES string of the molecule is O=C(Nc1cc(Br)cc2c1C(c1cc(F)ccc1Cl)NC2=O)c1cc(Cl)ccc1OC(F)(F)F. The van der Waals surface area contributed by atoms with E-state index >= 15 is 0 Å². The van der Waals surface area contributed by atoms with Gasteiger partial charge in [0.2, 0.25) is 0 Å². The molecule has 4 rings (SSSR count). The molecule has 12 heteroatoms. The highest BCUT2D eigenvalue weighted by Gasteiger charge is 2.36. The standard InChI is InChI=1S/C22H11BrCl2F4N2O3/c23-9-5-14-18(19(31-21(14)33)12-8-11(26)2-3-15(12)25)16(6-9)30-20(32)13-7-10(24)1-4-17(13)34-22(27,28)29/h1-8,19H,(H,30,32)(H,31,33). The summed E-state index contributed by atoms with van der Waals surface area (Å²) in [7, 11) is 0. The van der Waals surface area contributed by atoms with Gasteiger partial charge in [-0.05, 0) is 48.5 Å². The number of nitrogens with one attached hydrogen (secondary N) is 2. The summed E-state index contributed by atoms with van der Waals surface area (Å²) in [5, 5.41) is 5.35. The average Bonchev–Trinajstić information content (AvgIpc) is 3.06. The maximum Gasteiger partial charge on any atom is 0.573 e. The Kier molecular flexibility index (Phi) is 6.50. The predicted molar refractivity (Wildman–Crippen MR) is 121 cm³/mol. The van der Waals surface area contributed by atoms with Crippen LogP contribution in [0.25, 0.3) is 0 Å². The first-order chi connectivity index (χ1) is 15.9. The first kappa shape index (κ1) is 24.3. The molecule has 0 aromatic heterocycles. The van der Waals surface area contributed by atoms with Crippen molar-refractivity contribution < 1.29 is 31.9 Å². The zero-order chi connectivity index (χ0) is 24.8. The van der Waals surface area contributed by atoms with E-state index in [1.807, 2.05) is 0 Å². The first-order valence-corrected chi connectivity index (χ1v) is 10.9. The molecule has 1 heterocycles. The molecule has 1 atom stereocenters. The molecular formula is C22H11BrCl2F4N2O3. The molecule has 0 spiro atoms. The van der Waals surface area contributed by atoms with Crippen molar-refractivity contribution in [3.8, 4) is 5.75 Å². The molecule has 0 fully saturated rings. The number of alkyl halides is 3. The van der Waals surface area contributed by atoms with Crippen LogP contribution < -0.4 is 15.4 Å². The number of halogens is 7. The van der Waals surface area contributed by atoms with Gasteiger partial charge in [0.25, 0.3) is 11.8 Å². The Balaban J connectivity index is 1.79. The van der Waals surface area contributed by atoms with Crippen LogP contribution in [0.2, 0.25) is 10.0 Å². The van der Waals surface area contributed by atoms with Crippen LogP contribution in [0.5, 0.6) is 5.75 Å². The summed E-state index contributed by atoms with van der Waals surface area (Å²) >= 11 is 15.3. The van der Waals surface area contributed by atoms with Crippen molar-refractivity contribution in [1.82, 2.24) is 5.32 Å². The van der Waals surface area contributed by atoms with E-state index in [4.69, 9.17) is 23.2 Å². The van der Waals surface area contributed by atoms with Crippen molar-refractivity contribution in [1.29, 1.82) is 0 Å². The number of carbonyl (C=O) groups is 2. The monoisotopic (exact) mass is 576 g/mol. The molecule has 0 radical (unpaired) electrons. The maximum absolute atomic E-state index is 13.9. The van der Waals surface area contributed by atoms with Gasteiger partial charge in [0, 0.05) is 36.9 Å². The molecule has 5 nitrogen and oxygen atoms in total. The summed E-state index contributed by atoms with van der Waals surface area (Å²) in [6.07, 6.45) is -5.05. The number of ether oxygens (including phenoxy) is 1. The van der Waals surface area contributed by atoms with Crippen LogP contribution in [0.1, 0.15) is 37.9 Å². The predicted octanol–water partition coefficient (Wildman–Crippen LogP) is 6.88. The summed E-state index contributed by atoms with van der Waals surface area (Å²) in [6, 6.07) is 8.69. The summed E-state index contributed by atoms with van der Waals surface area (Å²) in [5.74, 6) is -2.86. The van der Waals surface area contributed by atoms with Gasteiger partial charge >= 0.3 is 6.36 Å². The molecule has 1 aliphatic rings. The Morgan fingerprint density at radius 1 is 1.09 bits per heavy atom. The van der Waals surface area contributed by atoms with Gasteiger partial charge in [0.1, 0.15) is 11.6 Å². The van der Waals surface area contributed by atoms with Crippen molar-refractivity contribution in [3.05, 3.63) is 91.1 Å². The molecule has 2 N–H and O–H groups in total. The van der Waals surface area contributed by atoms with Gasteiger partial charge in [0.05, 0.1) is 11.6 Å². The lowest BCUT2D eigenvalue weighted by molar-refractivity contribution is -0.274. The molecule has 0 saturated heterocycles. The third-order valence-corrected chi connectivity index (χ3v) is 5.92. The third-order valence-electron chi connectivity index (χ3n) is 4.88. The molecule has 1 aliphatic heterocycles. The lowest BCUT2D eigenvalue weighted by atomic mass is 9.96. The molecule has 0 bridgehead atoms. The van der Waals surface area contributed by atoms with Crippen molar-refractivity contribution in [3.63, 3.8) is 0 Å². The van der Waals surface area contributed by atoms with E-state index in [1.54, 1.807) is 0 Å². The van der Waals surface area contributed by atoms with Crippen LogP contribution in [-0.4, -0.2) is 18.2 Å². The lowest BCUT2D eigenvalue weighted by Gasteiger charge is -2.19. The van der Waals surface area contributed by atoms with Gasteiger partial charge in [-0.15, -0.1) is 13.2 Å². The van der Waals surface area contributed by atoms with Gasteiger partial charge < -0.3 is 15.4 Å². The van der Waals surface area contributed by atoms with Crippen molar-refractivity contribution in [2.45, 2.75) is 12.4 Å². The van der Waals surface area contributed by atoms with E-state index in [-0.39, 0.29) is 32.4 Å². The van der Waals surface area contributed by atoms with E-state index < -0.39 is 41.3 Å². The molecule has 3 aromatic carbocycles. The van der Waals surface area contributed by atoms with Crippen LogP contribution >= 0.6 is 39.1 Å². The highest BCUT2D eigenvalue weighted by molar-refractivity contribution is 9.10. The number of hydrogen-bond donors (Lipinski definition) is 2. The summed E-state index contributed by atoms with van der Waals surface area (Å²) in [4.78, 5) is 25.6. The number of anilines is 1. The van der Waals surface area contributed by atoms with Crippen LogP contribution in [0.15, 0.2) is 53.0 Å². The number of carbonyl (C=O) groups excluding carboxylic acids is 2. The quantitative estimate of drug-likeness (QED) is 0.332. The van der Waals surface area contributed by atoms with Gasteiger partial charge in [-0.1, -0.05) is 39.1 Å². The maximum atomic E-state index is 13.9. The second-order valence-corrected chi connectivity index (χ2v) is 8.89. The first-order valence-electron chi connectivity index (χ1n) is 9.39. The minimum atomic E-state index is -5.05. The summed E-state index contributed by atoms with van der Waals surface area (Å²) in [5.41, 5.74) is 0.241. The van der Waals surface area contributed by atoms with Crippen LogP contribution in [0.4, 0.5) is 23.2 Å². The Labute approximate surface area is 208 Å². The number of hydrogen-bond acceptors (Lipinski definition) is 3. The van der Waals surface area contributed by atoms with Crippen molar-refractivity contribution in [2.24, 2.45) is 0 Å². The minimum absolute atomic E-state index is 0.000379. The van der Waals surface area contributed by atoms with E-state index in [9.17, 15) is 27.2 Å². The number of fused-ring (bicyclic) bond motifs is 1. The Morgan fingerprint density at radius 3 is 2.53 bits per heavy atom.